The average Bonchev–Trinajstić information content (AvgIpc) is 3.65. The van der Waals surface area contributed by atoms with Crippen molar-refractivity contribution in [2.45, 2.75) is 99.7 Å². The van der Waals surface area contributed by atoms with Gasteiger partial charge in [0.15, 0.2) is 0 Å². The molecule has 3 nitrogen and oxygen atoms in total. The molecule has 0 spiro atoms. The van der Waals surface area contributed by atoms with Gasteiger partial charge in [-0.05, 0) is 126 Å². The standard InChI is InChI=1S/C43H42NO.C15H16N.Ir/c1-25(2)34-18-28(23-43(6,7)8)19-35(26(3)4)41(34)36-21-39(44-24-27(36)5)33-15-11-14-32-38-20-30-17-16-29-12-9-10-13-31(29)37(30)22-40(38)45-42(32)33;1-15(2,3)13-9-10-16-14(11-13)12-7-5-4-6-8-12;/h9-14,16-22,24-26H,23H2,1-8H3;4-7,9-11H,1-3H3;/q2*-1;/i5D3,23D2;;. The molecule has 0 bridgehead atoms. The molecule has 0 saturated heterocycles. The summed E-state index contributed by atoms with van der Waals surface area (Å²) in [5.74, 6) is -0.00951. The van der Waals surface area contributed by atoms with Crippen molar-refractivity contribution in [3.05, 3.63) is 168 Å². The van der Waals surface area contributed by atoms with E-state index in [0.29, 0.717) is 28.0 Å². The summed E-state index contributed by atoms with van der Waals surface area (Å²) in [5.41, 5.74) is 9.46. The summed E-state index contributed by atoms with van der Waals surface area (Å²) >= 11 is 0. The number of benzene rings is 6. The second kappa shape index (κ2) is 17.8. The first kappa shape index (κ1) is 38.3. The zero-order valence-electron chi connectivity index (χ0n) is 42.4. The van der Waals surface area contributed by atoms with Crippen LogP contribution in [0.4, 0.5) is 0 Å². The van der Waals surface area contributed by atoms with E-state index in [1.807, 2.05) is 93.7 Å². The largest absolute Gasteiger partial charge is 0.501 e. The third-order valence-electron chi connectivity index (χ3n) is 11.3. The summed E-state index contributed by atoms with van der Waals surface area (Å²) in [7, 11) is 0. The van der Waals surface area contributed by atoms with Crippen molar-refractivity contribution in [1.29, 1.82) is 0 Å². The first-order chi connectivity index (χ1) is 31.0. The summed E-state index contributed by atoms with van der Waals surface area (Å²) < 4.78 is 50.5. The van der Waals surface area contributed by atoms with Crippen molar-refractivity contribution in [2.24, 2.45) is 5.41 Å². The van der Waals surface area contributed by atoms with Crippen LogP contribution in [0.2, 0.25) is 0 Å². The first-order valence-electron chi connectivity index (χ1n) is 23.9. The Kier molecular flexibility index (Phi) is 11.0. The summed E-state index contributed by atoms with van der Waals surface area (Å²) in [4.78, 5) is 9.14. The first-order valence-corrected chi connectivity index (χ1v) is 21.4. The second-order valence-electron chi connectivity index (χ2n) is 18.8. The van der Waals surface area contributed by atoms with Crippen molar-refractivity contribution in [3.63, 3.8) is 0 Å². The van der Waals surface area contributed by atoms with Gasteiger partial charge in [-0.2, -0.15) is 0 Å². The molecule has 3 aromatic heterocycles. The van der Waals surface area contributed by atoms with Crippen LogP contribution < -0.4 is 0 Å². The molecule has 0 aliphatic heterocycles. The molecule has 4 heteroatoms. The van der Waals surface area contributed by atoms with Gasteiger partial charge in [0.2, 0.25) is 0 Å². The van der Waals surface area contributed by atoms with Crippen LogP contribution in [0.25, 0.3) is 77.1 Å². The van der Waals surface area contributed by atoms with Crippen molar-refractivity contribution in [3.8, 4) is 33.6 Å². The average molecular weight is 996 g/mol. The maximum absolute atomic E-state index is 9.12. The van der Waals surface area contributed by atoms with Crippen LogP contribution in [0.3, 0.4) is 0 Å². The summed E-state index contributed by atoms with van der Waals surface area (Å²) in [6, 6.07) is 45.3. The van der Waals surface area contributed by atoms with Crippen molar-refractivity contribution < 1.29 is 31.4 Å². The Morgan fingerprint density at radius 1 is 0.677 bits per heavy atom. The molecule has 9 rings (SSSR count). The topological polar surface area (TPSA) is 38.9 Å². The van der Waals surface area contributed by atoms with Crippen LogP contribution in [-0.2, 0) is 31.9 Å². The third kappa shape index (κ3) is 9.19. The predicted molar refractivity (Wildman–Crippen MR) is 260 cm³/mol. The second-order valence-corrected chi connectivity index (χ2v) is 18.8. The van der Waals surface area contributed by atoms with E-state index in [0.717, 1.165) is 60.5 Å². The molecule has 62 heavy (non-hydrogen) atoms. The molecule has 317 valence electrons. The van der Waals surface area contributed by atoms with Crippen LogP contribution in [0.15, 0.2) is 132 Å². The van der Waals surface area contributed by atoms with Gasteiger partial charge in [-0.3, -0.25) is 0 Å². The third-order valence-corrected chi connectivity index (χ3v) is 11.3. The fraction of sp³-hybridized carbons (Fsp3) is 0.276. The minimum Gasteiger partial charge on any atom is -0.501 e. The number of aryl methyl sites for hydroxylation is 1. The van der Waals surface area contributed by atoms with Gasteiger partial charge in [0, 0.05) is 44.7 Å². The fourth-order valence-electron chi connectivity index (χ4n) is 8.24. The number of aromatic nitrogens is 2. The van der Waals surface area contributed by atoms with E-state index in [2.05, 4.69) is 114 Å². The van der Waals surface area contributed by atoms with E-state index in [9.17, 15) is 0 Å². The number of furan rings is 1. The molecular weight excluding hydrogens is 933 g/mol. The van der Waals surface area contributed by atoms with E-state index in [-0.39, 0.29) is 42.9 Å². The van der Waals surface area contributed by atoms with Gasteiger partial charge < -0.3 is 14.4 Å². The number of nitrogens with zero attached hydrogens (tertiary/aromatic N) is 2. The Balaban J connectivity index is 0.000000331. The minimum atomic E-state index is -2.43. The smallest absolute Gasteiger partial charge is 0.121 e. The van der Waals surface area contributed by atoms with Gasteiger partial charge in [-0.1, -0.05) is 141 Å². The van der Waals surface area contributed by atoms with E-state index in [4.69, 9.17) is 16.3 Å². The molecule has 0 saturated carbocycles. The van der Waals surface area contributed by atoms with Crippen LogP contribution >= 0.6 is 0 Å². The SMILES string of the molecule is CC(C)(C)c1ccnc(-c2[c-]cccc2)c1.[2H]C([2H])([2H])c1cnc(-c2[c-]ccc3c2oc2cc4c(ccc5ccccc54)cc23)cc1-c1c(C(C)C)cc(C([2H])([2H])C(C)(C)C)cc1C(C)C.[Ir]. The number of pyridine rings is 2. The minimum absolute atomic E-state index is 0. The zero-order valence-corrected chi connectivity index (χ0v) is 39.8. The van der Waals surface area contributed by atoms with Crippen LogP contribution in [0.5, 0.6) is 0 Å². The normalized spacial score (nSPS) is 13.6. The quantitative estimate of drug-likeness (QED) is 0.123. The Bertz CT molecular complexity index is 3220. The molecular formula is C58H58IrN2O-2. The van der Waals surface area contributed by atoms with Crippen molar-refractivity contribution >= 4 is 43.5 Å². The molecule has 0 amide bonds. The Morgan fingerprint density at radius 2 is 1.40 bits per heavy atom. The van der Waals surface area contributed by atoms with Crippen LogP contribution in [-0.4, -0.2) is 9.97 Å². The maximum Gasteiger partial charge on any atom is 0.121 e. The molecule has 0 aliphatic carbocycles. The van der Waals surface area contributed by atoms with E-state index < -0.39 is 18.6 Å². The van der Waals surface area contributed by atoms with Gasteiger partial charge in [0.05, 0.1) is 5.58 Å². The van der Waals surface area contributed by atoms with E-state index in [1.165, 1.54) is 17.1 Å². The molecule has 0 aliphatic rings. The molecule has 0 atom stereocenters. The predicted octanol–water partition coefficient (Wildman–Crippen LogP) is 16.4. The molecule has 1 radical (unpaired) electrons. The van der Waals surface area contributed by atoms with Gasteiger partial charge in [0.25, 0.3) is 0 Å². The van der Waals surface area contributed by atoms with Gasteiger partial charge in [0.1, 0.15) is 5.58 Å². The van der Waals surface area contributed by atoms with Crippen LogP contribution in [0, 0.1) is 24.4 Å². The Morgan fingerprint density at radius 3 is 2.08 bits per heavy atom. The monoisotopic (exact) mass is 996 g/mol. The number of rotatable bonds is 6. The van der Waals surface area contributed by atoms with Gasteiger partial charge in [-0.25, -0.2) is 0 Å². The van der Waals surface area contributed by atoms with Crippen LogP contribution in [0.1, 0.15) is 116 Å². The van der Waals surface area contributed by atoms with Crippen molar-refractivity contribution in [2.75, 3.05) is 0 Å². The number of hydrogen-bond donors (Lipinski definition) is 0. The van der Waals surface area contributed by atoms with Gasteiger partial charge >= 0.3 is 0 Å². The molecule has 0 unspecified atom stereocenters. The van der Waals surface area contributed by atoms with E-state index in [1.54, 1.807) is 0 Å². The molecule has 0 fully saturated rings. The summed E-state index contributed by atoms with van der Waals surface area (Å²) in [6.45, 7) is 18.2. The number of fused-ring (bicyclic) bond motifs is 6. The van der Waals surface area contributed by atoms with E-state index >= 15 is 0 Å². The summed E-state index contributed by atoms with van der Waals surface area (Å²) in [5, 5.41) is 6.49. The maximum atomic E-state index is 9.12. The molecule has 6 aromatic carbocycles. The zero-order chi connectivity index (χ0) is 47.5. The number of hydrogen-bond acceptors (Lipinski definition) is 3. The molecule has 9 aromatic rings. The fourth-order valence-corrected chi connectivity index (χ4v) is 8.24. The Hall–Kier alpha value is -5.41. The molecule has 0 N–H and O–H groups in total. The summed E-state index contributed by atoms with van der Waals surface area (Å²) in [6.07, 6.45) is 1.73. The van der Waals surface area contributed by atoms with Crippen molar-refractivity contribution in [1.82, 2.24) is 9.97 Å². The molecule has 3 heterocycles. The van der Waals surface area contributed by atoms with Gasteiger partial charge in [-0.15, -0.1) is 54.1 Å². The Labute approximate surface area is 389 Å².